The largest absolute Gasteiger partial charge is 0.397 e. The van der Waals surface area contributed by atoms with Gasteiger partial charge in [0.05, 0.1) is 16.3 Å². The smallest absolute Gasteiger partial charge is 0.238 e. The molecule has 0 saturated carbocycles. The van der Waals surface area contributed by atoms with Crippen molar-refractivity contribution in [3.8, 4) is 0 Å². The lowest BCUT2D eigenvalue weighted by Gasteiger charge is -2.13. The fraction of sp³-hybridized carbons (Fsp3) is 0.143. The van der Waals surface area contributed by atoms with Crippen LogP contribution in [-0.4, -0.2) is 8.42 Å². The van der Waals surface area contributed by atoms with Crippen LogP contribution >= 0.6 is 0 Å². The van der Waals surface area contributed by atoms with Crippen molar-refractivity contribution in [1.29, 1.82) is 0 Å². The Hall–Kier alpha value is -2.05. The molecule has 0 heterocycles. The molecule has 5 nitrogen and oxygen atoms in total. The summed E-state index contributed by atoms with van der Waals surface area (Å²) < 4.78 is 22.5. The van der Waals surface area contributed by atoms with Crippen LogP contribution in [0.15, 0.2) is 41.3 Å². The van der Waals surface area contributed by atoms with Gasteiger partial charge < -0.3 is 11.1 Å². The predicted octanol–water partition coefficient (Wildman–Crippen LogP) is 2.28. The van der Waals surface area contributed by atoms with Crippen molar-refractivity contribution < 1.29 is 8.42 Å². The summed E-state index contributed by atoms with van der Waals surface area (Å²) in [6.07, 6.45) is 0. The van der Waals surface area contributed by atoms with E-state index in [4.69, 9.17) is 10.9 Å². The summed E-state index contributed by atoms with van der Waals surface area (Å²) in [6, 6.07) is 10.4. The van der Waals surface area contributed by atoms with Gasteiger partial charge in [0.15, 0.2) is 0 Å². The van der Waals surface area contributed by atoms with Crippen LogP contribution in [0.4, 0.5) is 17.1 Å². The molecule has 0 bridgehead atoms. The van der Waals surface area contributed by atoms with Crippen LogP contribution in [0.3, 0.4) is 0 Å². The van der Waals surface area contributed by atoms with Crippen LogP contribution in [0.5, 0.6) is 0 Å². The Morgan fingerprint density at radius 2 is 1.65 bits per heavy atom. The lowest BCUT2D eigenvalue weighted by atomic mass is 10.1. The van der Waals surface area contributed by atoms with E-state index in [0.717, 1.165) is 11.3 Å². The zero-order chi connectivity index (χ0) is 14.9. The van der Waals surface area contributed by atoms with E-state index in [-0.39, 0.29) is 4.90 Å². The average molecular weight is 291 g/mol. The number of benzene rings is 2. The molecule has 106 valence electrons. The summed E-state index contributed by atoms with van der Waals surface area (Å²) in [5.41, 5.74) is 10.0. The minimum atomic E-state index is -3.74. The highest BCUT2D eigenvalue weighted by molar-refractivity contribution is 7.89. The molecule has 6 heteroatoms. The van der Waals surface area contributed by atoms with Crippen LogP contribution in [-0.2, 0) is 10.0 Å². The lowest BCUT2D eigenvalue weighted by molar-refractivity contribution is 0.598. The predicted molar refractivity (Wildman–Crippen MR) is 81.4 cm³/mol. The zero-order valence-electron chi connectivity index (χ0n) is 11.3. The molecule has 0 atom stereocenters. The first-order valence-corrected chi connectivity index (χ1v) is 7.58. The molecular formula is C14H17N3O2S. The van der Waals surface area contributed by atoms with Crippen molar-refractivity contribution in [3.63, 3.8) is 0 Å². The molecule has 2 rings (SSSR count). The van der Waals surface area contributed by atoms with Gasteiger partial charge in [-0.15, -0.1) is 0 Å². The summed E-state index contributed by atoms with van der Waals surface area (Å²) >= 11 is 0. The molecule has 2 aromatic carbocycles. The van der Waals surface area contributed by atoms with Crippen molar-refractivity contribution >= 4 is 27.1 Å². The Labute approximate surface area is 118 Å². The molecule has 20 heavy (non-hydrogen) atoms. The minimum Gasteiger partial charge on any atom is -0.397 e. The van der Waals surface area contributed by atoms with Gasteiger partial charge in [-0.3, -0.25) is 0 Å². The van der Waals surface area contributed by atoms with Crippen LogP contribution in [0.2, 0.25) is 0 Å². The van der Waals surface area contributed by atoms with Gasteiger partial charge in [0, 0.05) is 5.69 Å². The average Bonchev–Trinajstić information content (AvgIpc) is 2.33. The van der Waals surface area contributed by atoms with E-state index in [1.54, 1.807) is 6.07 Å². The quantitative estimate of drug-likeness (QED) is 0.755. The number of nitrogen functional groups attached to an aromatic ring is 1. The van der Waals surface area contributed by atoms with Crippen LogP contribution in [0, 0.1) is 13.8 Å². The molecule has 0 amide bonds. The lowest BCUT2D eigenvalue weighted by Crippen LogP contribution is -2.12. The van der Waals surface area contributed by atoms with Gasteiger partial charge in [-0.2, -0.15) is 0 Å². The number of aryl methyl sites for hydroxylation is 2. The normalized spacial score (nSPS) is 11.3. The number of hydrogen-bond donors (Lipinski definition) is 3. The molecule has 0 spiro atoms. The second kappa shape index (κ2) is 5.15. The van der Waals surface area contributed by atoms with Crippen molar-refractivity contribution in [2.24, 2.45) is 5.14 Å². The highest BCUT2D eigenvalue weighted by Gasteiger charge is 2.10. The number of primary sulfonamides is 1. The first-order chi connectivity index (χ1) is 9.27. The number of nitrogens with one attached hydrogen (secondary N) is 1. The molecule has 0 aliphatic carbocycles. The fourth-order valence-corrected chi connectivity index (χ4v) is 2.48. The second-order valence-electron chi connectivity index (χ2n) is 4.74. The van der Waals surface area contributed by atoms with E-state index in [9.17, 15) is 8.42 Å². The van der Waals surface area contributed by atoms with Crippen molar-refractivity contribution in [3.05, 3.63) is 47.5 Å². The Kier molecular flexibility index (Phi) is 3.69. The van der Waals surface area contributed by atoms with Crippen LogP contribution in [0.1, 0.15) is 11.1 Å². The number of anilines is 3. The topological polar surface area (TPSA) is 98.2 Å². The first kappa shape index (κ1) is 14.4. The van der Waals surface area contributed by atoms with Crippen molar-refractivity contribution in [1.82, 2.24) is 0 Å². The highest BCUT2D eigenvalue weighted by atomic mass is 32.2. The van der Waals surface area contributed by atoms with Gasteiger partial charge in [-0.05, 0) is 43.7 Å². The third-order valence-corrected chi connectivity index (χ3v) is 3.91. The number of rotatable bonds is 3. The molecule has 0 aliphatic heterocycles. The highest BCUT2D eigenvalue weighted by Crippen LogP contribution is 2.27. The van der Waals surface area contributed by atoms with Crippen LogP contribution in [0.25, 0.3) is 0 Å². The maximum Gasteiger partial charge on any atom is 0.238 e. The van der Waals surface area contributed by atoms with Crippen LogP contribution < -0.4 is 16.2 Å². The van der Waals surface area contributed by atoms with Gasteiger partial charge >= 0.3 is 0 Å². The molecule has 2 aromatic rings. The van der Waals surface area contributed by atoms with E-state index < -0.39 is 10.0 Å². The van der Waals surface area contributed by atoms with E-state index in [1.165, 1.54) is 17.7 Å². The molecule has 0 unspecified atom stereocenters. The molecule has 0 aromatic heterocycles. The Balaban J connectivity index is 2.35. The van der Waals surface area contributed by atoms with Gasteiger partial charge in [-0.1, -0.05) is 17.7 Å². The zero-order valence-corrected chi connectivity index (χ0v) is 12.2. The van der Waals surface area contributed by atoms with E-state index >= 15 is 0 Å². The molecule has 0 radical (unpaired) electrons. The monoisotopic (exact) mass is 291 g/mol. The third-order valence-electron chi connectivity index (χ3n) is 3.00. The Bertz CT molecular complexity index is 755. The summed E-state index contributed by atoms with van der Waals surface area (Å²) in [6.45, 7) is 4.01. The number of hydrogen-bond acceptors (Lipinski definition) is 4. The van der Waals surface area contributed by atoms with E-state index in [2.05, 4.69) is 11.4 Å². The Morgan fingerprint density at radius 3 is 2.20 bits per heavy atom. The number of nitrogens with two attached hydrogens (primary N) is 2. The molecule has 0 aliphatic rings. The molecule has 0 fully saturated rings. The standard InChI is InChI=1S/C14H17N3O2S/c1-9-3-5-13(10(2)7-9)17-14-6-4-11(8-12(14)15)20(16,18)19/h3-8,17H,15H2,1-2H3,(H2,16,18,19). The van der Waals surface area contributed by atoms with E-state index in [0.29, 0.717) is 11.4 Å². The van der Waals surface area contributed by atoms with Crippen molar-refractivity contribution in [2.45, 2.75) is 18.7 Å². The first-order valence-electron chi connectivity index (χ1n) is 6.04. The summed E-state index contributed by atoms with van der Waals surface area (Å²) in [7, 11) is -3.74. The van der Waals surface area contributed by atoms with Gasteiger partial charge in [-0.25, -0.2) is 13.6 Å². The second-order valence-corrected chi connectivity index (χ2v) is 6.30. The maximum atomic E-state index is 11.2. The van der Waals surface area contributed by atoms with Crippen molar-refractivity contribution in [2.75, 3.05) is 11.1 Å². The fourth-order valence-electron chi connectivity index (χ4n) is 1.93. The van der Waals surface area contributed by atoms with Gasteiger partial charge in [0.25, 0.3) is 0 Å². The number of sulfonamides is 1. The third kappa shape index (κ3) is 3.09. The molecular weight excluding hydrogens is 274 g/mol. The van der Waals surface area contributed by atoms with E-state index in [1.807, 2.05) is 26.0 Å². The minimum absolute atomic E-state index is 0.00109. The van der Waals surface area contributed by atoms with Gasteiger partial charge in [0.2, 0.25) is 10.0 Å². The molecule has 0 saturated heterocycles. The summed E-state index contributed by atoms with van der Waals surface area (Å²) in [5, 5.41) is 8.25. The summed E-state index contributed by atoms with van der Waals surface area (Å²) in [5.74, 6) is 0. The van der Waals surface area contributed by atoms with Gasteiger partial charge in [0.1, 0.15) is 0 Å². The summed E-state index contributed by atoms with van der Waals surface area (Å²) in [4.78, 5) is 0.00109. The Morgan fingerprint density at radius 1 is 1.00 bits per heavy atom. The maximum absolute atomic E-state index is 11.2. The molecule has 5 N–H and O–H groups in total. The SMILES string of the molecule is Cc1ccc(Nc2ccc(S(N)(=O)=O)cc2N)c(C)c1.